The topological polar surface area (TPSA) is 84.2 Å². The van der Waals surface area contributed by atoms with Gasteiger partial charge in [0.2, 0.25) is 11.8 Å². The number of carbonyl (C=O) groups excluding carboxylic acids is 2. The largest absolute Gasteiger partial charge is 0.369 e. The summed E-state index contributed by atoms with van der Waals surface area (Å²) < 4.78 is 0. The zero-order valence-electron chi connectivity index (χ0n) is 11.4. The Balaban J connectivity index is 2.00. The van der Waals surface area contributed by atoms with Crippen molar-refractivity contribution in [1.29, 1.82) is 0 Å². The van der Waals surface area contributed by atoms with Crippen molar-refractivity contribution >= 4 is 29.3 Å². The first-order valence-corrected chi connectivity index (χ1v) is 7.58. The van der Waals surface area contributed by atoms with Gasteiger partial charge in [-0.15, -0.1) is 11.8 Å². The molecule has 1 atom stereocenters. The van der Waals surface area contributed by atoms with E-state index in [9.17, 15) is 9.59 Å². The Morgan fingerprint density at radius 3 is 2.75 bits per heavy atom. The van der Waals surface area contributed by atoms with Crippen molar-refractivity contribution in [2.75, 3.05) is 24.2 Å². The van der Waals surface area contributed by atoms with Crippen molar-refractivity contribution in [2.45, 2.75) is 11.8 Å². The highest BCUT2D eigenvalue weighted by atomic mass is 32.2. The molecule has 4 N–H and O–H groups in total. The van der Waals surface area contributed by atoms with Gasteiger partial charge in [0.05, 0.1) is 11.4 Å². The van der Waals surface area contributed by atoms with Crippen LogP contribution in [0.15, 0.2) is 29.2 Å². The van der Waals surface area contributed by atoms with E-state index in [2.05, 4.69) is 10.6 Å². The zero-order chi connectivity index (χ0) is 14.5. The molecule has 1 aromatic carbocycles. The van der Waals surface area contributed by atoms with Crippen LogP contribution in [0.2, 0.25) is 0 Å². The molecule has 2 amide bonds. The van der Waals surface area contributed by atoms with E-state index in [1.807, 2.05) is 31.2 Å². The van der Waals surface area contributed by atoms with Crippen LogP contribution in [-0.2, 0) is 9.59 Å². The van der Waals surface area contributed by atoms with Gasteiger partial charge in [0.25, 0.3) is 0 Å². The van der Waals surface area contributed by atoms with Gasteiger partial charge in [0.1, 0.15) is 0 Å². The van der Waals surface area contributed by atoms with Crippen LogP contribution in [-0.4, -0.2) is 30.7 Å². The van der Waals surface area contributed by atoms with E-state index in [-0.39, 0.29) is 23.5 Å². The molecule has 20 heavy (non-hydrogen) atoms. The average molecular weight is 293 g/mol. The summed E-state index contributed by atoms with van der Waals surface area (Å²) in [6.07, 6.45) is 0. The molecule has 0 aliphatic carbocycles. The molecule has 0 aromatic heterocycles. The Kier molecular flexibility index (Phi) is 5.03. The maximum Gasteiger partial charge on any atom is 0.227 e. The summed E-state index contributed by atoms with van der Waals surface area (Å²) in [5, 5.41) is 6.11. The van der Waals surface area contributed by atoms with E-state index in [1.54, 1.807) is 0 Å². The van der Waals surface area contributed by atoms with E-state index >= 15 is 0 Å². The molecule has 6 heteroatoms. The lowest BCUT2D eigenvalue weighted by atomic mass is 9.88. The number of hydrogen-bond acceptors (Lipinski definition) is 4. The monoisotopic (exact) mass is 293 g/mol. The number of benzene rings is 1. The molecule has 1 aliphatic rings. The number of para-hydroxylation sites is 1. The third kappa shape index (κ3) is 3.74. The van der Waals surface area contributed by atoms with Crippen LogP contribution in [0, 0.1) is 11.8 Å². The molecule has 1 aliphatic heterocycles. The number of rotatable bonds is 6. The van der Waals surface area contributed by atoms with Gasteiger partial charge >= 0.3 is 0 Å². The SMILES string of the molecule is CC(C(=O)Nc1ccccc1SCC(N)=O)C1CNC1. The Morgan fingerprint density at radius 1 is 1.45 bits per heavy atom. The van der Waals surface area contributed by atoms with Crippen LogP contribution in [0.25, 0.3) is 0 Å². The Bertz CT molecular complexity index is 503. The number of primary amides is 1. The molecule has 5 nitrogen and oxygen atoms in total. The van der Waals surface area contributed by atoms with Crippen molar-refractivity contribution in [3.05, 3.63) is 24.3 Å². The van der Waals surface area contributed by atoms with Crippen LogP contribution >= 0.6 is 11.8 Å². The molecule has 2 rings (SSSR count). The number of amides is 2. The predicted octanol–water partition coefficient (Wildman–Crippen LogP) is 1.06. The van der Waals surface area contributed by atoms with Crippen LogP contribution < -0.4 is 16.4 Å². The van der Waals surface area contributed by atoms with Crippen molar-refractivity contribution in [2.24, 2.45) is 17.6 Å². The van der Waals surface area contributed by atoms with Gasteiger partial charge in [0, 0.05) is 10.8 Å². The highest BCUT2D eigenvalue weighted by molar-refractivity contribution is 8.00. The summed E-state index contributed by atoms with van der Waals surface area (Å²) in [6, 6.07) is 7.45. The number of nitrogens with one attached hydrogen (secondary N) is 2. The lowest BCUT2D eigenvalue weighted by Crippen LogP contribution is -2.48. The van der Waals surface area contributed by atoms with E-state index < -0.39 is 0 Å². The number of carbonyl (C=O) groups is 2. The van der Waals surface area contributed by atoms with Crippen LogP contribution in [0.3, 0.4) is 0 Å². The molecular weight excluding hydrogens is 274 g/mol. The number of thioether (sulfide) groups is 1. The number of anilines is 1. The standard InChI is InChI=1S/C14H19N3O2S/c1-9(10-6-16-7-10)14(19)17-11-4-2-3-5-12(11)20-8-13(15)18/h2-5,9-10,16H,6-8H2,1H3,(H2,15,18)(H,17,19). The van der Waals surface area contributed by atoms with E-state index in [1.165, 1.54) is 11.8 Å². The Morgan fingerprint density at radius 2 is 2.15 bits per heavy atom. The molecule has 108 valence electrons. The predicted molar refractivity (Wildman–Crippen MR) is 80.5 cm³/mol. The second kappa shape index (κ2) is 6.76. The van der Waals surface area contributed by atoms with Gasteiger partial charge < -0.3 is 16.4 Å². The molecule has 1 aromatic rings. The second-order valence-corrected chi connectivity index (χ2v) is 5.96. The molecule has 1 unspecified atom stereocenters. The fraction of sp³-hybridized carbons (Fsp3) is 0.429. The van der Waals surface area contributed by atoms with Gasteiger partial charge in [-0.2, -0.15) is 0 Å². The Hall–Kier alpha value is -1.53. The normalized spacial score (nSPS) is 16.2. The van der Waals surface area contributed by atoms with Crippen molar-refractivity contribution < 1.29 is 9.59 Å². The molecule has 0 radical (unpaired) electrons. The highest BCUT2D eigenvalue weighted by Gasteiger charge is 2.28. The highest BCUT2D eigenvalue weighted by Crippen LogP contribution is 2.28. The number of nitrogens with two attached hydrogens (primary N) is 1. The number of hydrogen-bond donors (Lipinski definition) is 3. The minimum Gasteiger partial charge on any atom is -0.369 e. The Labute approximate surface area is 122 Å². The van der Waals surface area contributed by atoms with Gasteiger partial charge in [-0.3, -0.25) is 9.59 Å². The summed E-state index contributed by atoms with van der Waals surface area (Å²) in [7, 11) is 0. The first-order chi connectivity index (χ1) is 9.58. The summed E-state index contributed by atoms with van der Waals surface area (Å²) >= 11 is 1.34. The lowest BCUT2D eigenvalue weighted by molar-refractivity contribution is -0.121. The molecule has 1 heterocycles. The van der Waals surface area contributed by atoms with Crippen molar-refractivity contribution in [1.82, 2.24) is 5.32 Å². The lowest BCUT2D eigenvalue weighted by Gasteiger charge is -2.31. The maximum atomic E-state index is 12.2. The smallest absolute Gasteiger partial charge is 0.227 e. The fourth-order valence-electron chi connectivity index (χ4n) is 1.97. The molecule has 0 saturated carbocycles. The minimum atomic E-state index is -0.370. The third-order valence-electron chi connectivity index (χ3n) is 3.45. The van der Waals surface area contributed by atoms with E-state index in [0.717, 1.165) is 23.7 Å². The van der Waals surface area contributed by atoms with E-state index in [4.69, 9.17) is 5.73 Å². The molecule has 1 saturated heterocycles. The van der Waals surface area contributed by atoms with Crippen LogP contribution in [0.1, 0.15) is 6.92 Å². The molecule has 1 fully saturated rings. The second-order valence-electron chi connectivity index (χ2n) is 4.95. The minimum absolute atomic E-state index is 0.0172. The first kappa shape index (κ1) is 14.9. The van der Waals surface area contributed by atoms with Crippen LogP contribution in [0.5, 0.6) is 0 Å². The summed E-state index contributed by atoms with van der Waals surface area (Å²) in [6.45, 7) is 3.74. The molecular formula is C14H19N3O2S. The molecule has 0 bridgehead atoms. The summed E-state index contributed by atoms with van der Waals surface area (Å²) in [4.78, 5) is 23.9. The first-order valence-electron chi connectivity index (χ1n) is 6.59. The summed E-state index contributed by atoms with van der Waals surface area (Å²) in [5.74, 6) is 0.231. The third-order valence-corrected chi connectivity index (χ3v) is 4.54. The molecule has 0 spiro atoms. The zero-order valence-corrected chi connectivity index (χ0v) is 12.2. The average Bonchev–Trinajstić information content (AvgIpc) is 2.35. The van der Waals surface area contributed by atoms with E-state index in [0.29, 0.717) is 5.92 Å². The summed E-state index contributed by atoms with van der Waals surface area (Å²) in [5.41, 5.74) is 5.89. The van der Waals surface area contributed by atoms with Crippen molar-refractivity contribution in [3.63, 3.8) is 0 Å². The van der Waals surface area contributed by atoms with Gasteiger partial charge in [0.15, 0.2) is 0 Å². The maximum absolute atomic E-state index is 12.2. The fourth-order valence-corrected chi connectivity index (χ4v) is 2.72. The quantitative estimate of drug-likeness (QED) is 0.685. The van der Waals surface area contributed by atoms with Gasteiger partial charge in [-0.25, -0.2) is 0 Å². The van der Waals surface area contributed by atoms with Gasteiger partial charge in [-0.1, -0.05) is 19.1 Å². The van der Waals surface area contributed by atoms with Crippen molar-refractivity contribution in [3.8, 4) is 0 Å². The van der Waals surface area contributed by atoms with Gasteiger partial charge in [-0.05, 0) is 31.1 Å². The van der Waals surface area contributed by atoms with Crippen LogP contribution in [0.4, 0.5) is 5.69 Å².